The van der Waals surface area contributed by atoms with Crippen LogP contribution >= 0.6 is 11.6 Å². The van der Waals surface area contributed by atoms with Crippen LogP contribution < -0.4 is 0 Å². The van der Waals surface area contributed by atoms with Crippen LogP contribution in [0.25, 0.3) is 6.08 Å². The van der Waals surface area contributed by atoms with Crippen molar-refractivity contribution in [2.75, 3.05) is 6.61 Å². The lowest BCUT2D eigenvalue weighted by atomic mass is 9.91. The maximum Gasteiger partial charge on any atom is 0.313 e. The summed E-state index contributed by atoms with van der Waals surface area (Å²) >= 11 is 5.84. The molecule has 1 atom stereocenters. The maximum atomic E-state index is 13.7. The van der Waals surface area contributed by atoms with Gasteiger partial charge in [0.25, 0.3) is 0 Å². The normalized spacial score (nSPS) is 12.0. The monoisotopic (exact) mass is 270 g/mol. The minimum atomic E-state index is -0.522. The summed E-state index contributed by atoms with van der Waals surface area (Å²) in [4.78, 5) is 11.8. The van der Waals surface area contributed by atoms with Gasteiger partial charge in [-0.2, -0.15) is 0 Å². The molecule has 0 bridgehead atoms. The maximum absolute atomic E-state index is 13.7. The lowest BCUT2D eigenvalue weighted by Gasteiger charge is -2.17. The van der Waals surface area contributed by atoms with Gasteiger partial charge in [-0.25, -0.2) is 4.39 Å². The smallest absolute Gasteiger partial charge is 0.313 e. The van der Waals surface area contributed by atoms with Gasteiger partial charge in [0.1, 0.15) is 5.82 Å². The van der Waals surface area contributed by atoms with Gasteiger partial charge in [0.05, 0.1) is 12.5 Å². The molecule has 0 amide bonds. The molecule has 4 heteroatoms. The molecule has 1 unspecified atom stereocenters. The van der Waals surface area contributed by atoms with Crippen LogP contribution in [0.2, 0.25) is 5.02 Å². The van der Waals surface area contributed by atoms with E-state index in [1.807, 2.05) is 6.92 Å². The first kappa shape index (κ1) is 14.7. The van der Waals surface area contributed by atoms with Crippen molar-refractivity contribution in [3.8, 4) is 0 Å². The number of carbonyl (C=O) groups excluding carboxylic acids is 1. The van der Waals surface area contributed by atoms with E-state index in [-0.39, 0.29) is 11.0 Å². The molecule has 18 heavy (non-hydrogen) atoms. The molecule has 0 fully saturated rings. The van der Waals surface area contributed by atoms with E-state index in [4.69, 9.17) is 16.3 Å². The van der Waals surface area contributed by atoms with Crippen molar-refractivity contribution >= 4 is 23.6 Å². The highest BCUT2D eigenvalue weighted by atomic mass is 35.5. The minimum Gasteiger partial charge on any atom is -0.466 e. The van der Waals surface area contributed by atoms with Crippen LogP contribution in [0.5, 0.6) is 0 Å². The number of benzene rings is 1. The molecular weight excluding hydrogens is 255 g/mol. The van der Waals surface area contributed by atoms with Crippen LogP contribution in [0.1, 0.15) is 37.3 Å². The summed E-state index contributed by atoms with van der Waals surface area (Å²) in [6, 6.07) is 2.80. The molecule has 98 valence electrons. The first-order valence-corrected chi connectivity index (χ1v) is 6.20. The summed E-state index contributed by atoms with van der Waals surface area (Å²) < 4.78 is 18.7. The van der Waals surface area contributed by atoms with Crippen molar-refractivity contribution in [3.63, 3.8) is 0 Å². The van der Waals surface area contributed by atoms with Gasteiger partial charge in [-0.1, -0.05) is 31.2 Å². The molecule has 1 rings (SSSR count). The number of hydrogen-bond donors (Lipinski definition) is 0. The minimum absolute atomic E-state index is 0.260. The Bertz CT molecular complexity index is 457. The van der Waals surface area contributed by atoms with Gasteiger partial charge in [0.15, 0.2) is 0 Å². The molecule has 0 aliphatic rings. The van der Waals surface area contributed by atoms with E-state index in [1.54, 1.807) is 13.0 Å². The van der Waals surface area contributed by atoms with Gasteiger partial charge in [0.2, 0.25) is 0 Å². The average Bonchev–Trinajstić information content (AvgIpc) is 2.29. The van der Waals surface area contributed by atoms with E-state index in [9.17, 15) is 9.18 Å². The molecular formula is C14H16ClFO2. The molecule has 0 aromatic heterocycles. The lowest BCUT2D eigenvalue weighted by molar-refractivity contribution is -0.145. The number of carbonyl (C=O) groups is 1. The van der Waals surface area contributed by atoms with Crippen molar-refractivity contribution < 1.29 is 13.9 Å². The number of hydrogen-bond acceptors (Lipinski definition) is 2. The fraction of sp³-hybridized carbons (Fsp3) is 0.357. The molecule has 0 N–H and O–H groups in total. The second kappa shape index (κ2) is 6.55. The molecule has 0 aliphatic heterocycles. The van der Waals surface area contributed by atoms with E-state index in [2.05, 4.69) is 6.58 Å². The molecule has 1 aromatic carbocycles. The largest absolute Gasteiger partial charge is 0.466 e. The van der Waals surface area contributed by atoms with Gasteiger partial charge in [0, 0.05) is 10.6 Å². The predicted molar refractivity (Wildman–Crippen MR) is 71.2 cm³/mol. The van der Waals surface area contributed by atoms with Crippen LogP contribution in [-0.4, -0.2) is 12.6 Å². The zero-order valence-electron chi connectivity index (χ0n) is 10.5. The first-order valence-electron chi connectivity index (χ1n) is 5.83. The van der Waals surface area contributed by atoms with Crippen LogP contribution in [0.3, 0.4) is 0 Å². The topological polar surface area (TPSA) is 26.3 Å². The van der Waals surface area contributed by atoms with Gasteiger partial charge in [-0.3, -0.25) is 4.79 Å². The average molecular weight is 271 g/mol. The second-order valence-electron chi connectivity index (χ2n) is 3.81. The van der Waals surface area contributed by atoms with Crippen LogP contribution in [0.15, 0.2) is 18.7 Å². The quantitative estimate of drug-likeness (QED) is 0.751. The molecule has 0 saturated heterocycles. The highest BCUT2D eigenvalue weighted by Gasteiger charge is 2.24. The summed E-state index contributed by atoms with van der Waals surface area (Å²) in [5.41, 5.74) is 0.829. The Balaban J connectivity index is 3.27. The van der Waals surface area contributed by atoms with Gasteiger partial charge in [-0.15, -0.1) is 0 Å². The number of rotatable bonds is 5. The van der Waals surface area contributed by atoms with E-state index in [1.165, 1.54) is 12.1 Å². The third-order valence-corrected chi connectivity index (χ3v) is 2.90. The number of esters is 1. The van der Waals surface area contributed by atoms with Crippen molar-refractivity contribution in [1.82, 2.24) is 0 Å². The third kappa shape index (κ3) is 3.10. The zero-order chi connectivity index (χ0) is 13.7. The number of halogens is 2. The molecule has 2 nitrogen and oxygen atoms in total. The van der Waals surface area contributed by atoms with Crippen molar-refractivity contribution in [2.24, 2.45) is 0 Å². The highest BCUT2D eigenvalue weighted by Crippen LogP contribution is 2.30. The summed E-state index contributed by atoms with van der Waals surface area (Å²) in [5.74, 6) is -1.37. The third-order valence-electron chi connectivity index (χ3n) is 2.69. The summed E-state index contributed by atoms with van der Waals surface area (Å²) in [6.45, 7) is 7.44. The first-order chi connectivity index (χ1) is 8.54. The Hall–Kier alpha value is -1.35. The van der Waals surface area contributed by atoms with Crippen molar-refractivity contribution in [3.05, 3.63) is 40.7 Å². The SMILES string of the molecule is C=Cc1c(F)cc(Cl)cc1C(CC)C(=O)OCC. The fourth-order valence-electron chi connectivity index (χ4n) is 1.86. The highest BCUT2D eigenvalue weighted by molar-refractivity contribution is 6.30. The van der Waals surface area contributed by atoms with Crippen molar-refractivity contribution in [1.29, 1.82) is 0 Å². The van der Waals surface area contributed by atoms with Crippen LogP contribution in [0.4, 0.5) is 4.39 Å². The summed E-state index contributed by atoms with van der Waals surface area (Å²) in [7, 11) is 0. The Morgan fingerprint density at radius 2 is 2.22 bits per heavy atom. The fourth-order valence-corrected chi connectivity index (χ4v) is 2.08. The van der Waals surface area contributed by atoms with Crippen LogP contribution in [-0.2, 0) is 9.53 Å². The van der Waals surface area contributed by atoms with Crippen molar-refractivity contribution in [2.45, 2.75) is 26.2 Å². The molecule has 0 aliphatic carbocycles. The second-order valence-corrected chi connectivity index (χ2v) is 4.24. The molecule has 0 saturated carbocycles. The molecule has 0 heterocycles. The Labute approximate surface area is 111 Å². The lowest BCUT2D eigenvalue weighted by Crippen LogP contribution is -2.16. The summed E-state index contributed by atoms with van der Waals surface area (Å²) in [6.07, 6.45) is 1.91. The molecule has 0 radical (unpaired) electrons. The van der Waals surface area contributed by atoms with Gasteiger partial charge < -0.3 is 4.74 Å². The number of ether oxygens (including phenoxy) is 1. The van der Waals surface area contributed by atoms with Gasteiger partial charge in [-0.05, 0) is 31.0 Å². The standard InChI is InChI=1S/C14H16ClFO2/c1-4-10-12(7-9(15)8-13(10)16)11(5-2)14(17)18-6-3/h4,7-8,11H,1,5-6H2,2-3H3. The Morgan fingerprint density at radius 1 is 1.56 bits per heavy atom. The Kier molecular flexibility index (Phi) is 5.35. The molecule has 0 spiro atoms. The molecule has 1 aromatic rings. The van der Waals surface area contributed by atoms with E-state index in [0.29, 0.717) is 24.2 Å². The predicted octanol–water partition coefficient (Wildman–Crippen LogP) is 4.18. The van der Waals surface area contributed by atoms with E-state index >= 15 is 0 Å². The zero-order valence-corrected chi connectivity index (χ0v) is 11.3. The summed E-state index contributed by atoms with van der Waals surface area (Å²) in [5, 5.41) is 0.260. The Morgan fingerprint density at radius 3 is 2.72 bits per heavy atom. The van der Waals surface area contributed by atoms with E-state index in [0.717, 1.165) is 0 Å². The van der Waals surface area contributed by atoms with E-state index < -0.39 is 11.7 Å². The van der Waals surface area contributed by atoms with Gasteiger partial charge >= 0.3 is 5.97 Å². The van der Waals surface area contributed by atoms with Crippen LogP contribution in [0, 0.1) is 5.82 Å².